The third-order valence-electron chi connectivity index (χ3n) is 5.80. The summed E-state index contributed by atoms with van der Waals surface area (Å²) >= 11 is 0. The van der Waals surface area contributed by atoms with Crippen LogP contribution in [0.5, 0.6) is 17.2 Å². The molecule has 3 heterocycles. The summed E-state index contributed by atoms with van der Waals surface area (Å²) in [6.45, 7) is 0.837. The first-order valence-corrected chi connectivity index (χ1v) is 10.7. The topological polar surface area (TPSA) is 118 Å². The molecular formula is C25H24N4O5. The summed E-state index contributed by atoms with van der Waals surface area (Å²) < 4.78 is 24.3. The van der Waals surface area contributed by atoms with E-state index in [1.165, 1.54) is 0 Å². The van der Waals surface area contributed by atoms with Gasteiger partial charge in [-0.05, 0) is 35.9 Å². The molecule has 0 fully saturated rings. The number of nitrogens with zero attached hydrogens (tertiary/aromatic N) is 2. The van der Waals surface area contributed by atoms with Gasteiger partial charge in [0.25, 0.3) is 0 Å². The van der Waals surface area contributed by atoms with Gasteiger partial charge in [0.2, 0.25) is 5.75 Å². The Morgan fingerprint density at radius 3 is 2.44 bits per heavy atom. The summed E-state index contributed by atoms with van der Waals surface area (Å²) in [5.41, 5.74) is 10.9. The van der Waals surface area contributed by atoms with Gasteiger partial charge in [-0.1, -0.05) is 6.07 Å². The summed E-state index contributed by atoms with van der Waals surface area (Å²) in [5.74, 6) is 2.18. The molecule has 174 valence electrons. The molecule has 0 saturated carbocycles. The zero-order valence-electron chi connectivity index (χ0n) is 19.0. The van der Waals surface area contributed by atoms with Crippen LogP contribution in [0.2, 0.25) is 0 Å². The fraction of sp³-hybridized carbons (Fsp3) is 0.200. The molecule has 0 aliphatic carbocycles. The third kappa shape index (κ3) is 3.46. The second-order valence-corrected chi connectivity index (χ2v) is 7.70. The van der Waals surface area contributed by atoms with Gasteiger partial charge in [0, 0.05) is 36.5 Å². The minimum Gasteiger partial charge on any atom is -0.493 e. The lowest BCUT2D eigenvalue weighted by atomic mass is 10.1. The lowest BCUT2D eigenvalue weighted by molar-refractivity contribution is 0.324. The molecule has 34 heavy (non-hydrogen) atoms. The van der Waals surface area contributed by atoms with Gasteiger partial charge in [-0.15, -0.1) is 0 Å². The Kier molecular flexibility index (Phi) is 5.46. The molecule has 3 N–H and O–H groups in total. The first-order chi connectivity index (χ1) is 16.6. The second kappa shape index (κ2) is 8.60. The van der Waals surface area contributed by atoms with Gasteiger partial charge in [0.05, 0.1) is 32.4 Å². The van der Waals surface area contributed by atoms with Crippen LogP contribution in [0.15, 0.2) is 57.9 Å². The predicted molar refractivity (Wildman–Crippen MR) is 130 cm³/mol. The summed E-state index contributed by atoms with van der Waals surface area (Å²) in [6.07, 6.45) is 1.73. The van der Waals surface area contributed by atoms with Crippen LogP contribution in [0, 0.1) is 0 Å². The molecule has 3 aromatic heterocycles. The van der Waals surface area contributed by atoms with Gasteiger partial charge >= 0.3 is 5.69 Å². The molecule has 0 spiro atoms. The number of methoxy groups -OCH3 is 3. The van der Waals surface area contributed by atoms with Crippen molar-refractivity contribution in [3.8, 4) is 39.7 Å². The van der Waals surface area contributed by atoms with Gasteiger partial charge in [-0.25, -0.2) is 4.79 Å². The predicted octanol–water partition coefficient (Wildman–Crippen LogP) is 3.79. The number of benzene rings is 2. The number of hydrogen-bond donors (Lipinski definition) is 2. The average molecular weight is 460 g/mol. The number of imidazole rings is 1. The highest BCUT2D eigenvalue weighted by molar-refractivity contribution is 5.94. The maximum absolute atomic E-state index is 12.3. The van der Waals surface area contributed by atoms with Crippen LogP contribution in [0.3, 0.4) is 0 Å². The minimum atomic E-state index is -0.180. The minimum absolute atomic E-state index is 0.180. The number of H-pyrrole nitrogens is 1. The Bertz CT molecular complexity index is 1540. The van der Waals surface area contributed by atoms with E-state index in [2.05, 4.69) is 9.97 Å². The molecule has 2 aromatic carbocycles. The fourth-order valence-corrected chi connectivity index (χ4v) is 4.21. The molecule has 0 atom stereocenters. The first-order valence-electron chi connectivity index (χ1n) is 10.7. The van der Waals surface area contributed by atoms with Crippen molar-refractivity contribution in [2.24, 2.45) is 5.73 Å². The molecule has 0 saturated heterocycles. The number of furan rings is 1. The van der Waals surface area contributed by atoms with Crippen LogP contribution in [0.4, 0.5) is 0 Å². The molecule has 0 radical (unpaired) electrons. The quantitative estimate of drug-likeness (QED) is 0.379. The van der Waals surface area contributed by atoms with E-state index < -0.39 is 0 Å². The fourth-order valence-electron chi connectivity index (χ4n) is 4.21. The highest BCUT2D eigenvalue weighted by atomic mass is 16.5. The highest BCUT2D eigenvalue weighted by Crippen LogP contribution is 2.43. The molecule has 0 bridgehead atoms. The number of rotatable bonds is 7. The SMILES string of the molecule is COc1cc(-c2cc3nccc(-c4ccc5c(c4)[nH]c(=O)n5CCN)c3o2)cc(OC)c1OC. The maximum Gasteiger partial charge on any atom is 0.326 e. The van der Waals surface area contributed by atoms with Crippen molar-refractivity contribution in [3.05, 3.63) is 59.1 Å². The highest BCUT2D eigenvalue weighted by Gasteiger charge is 2.18. The van der Waals surface area contributed by atoms with Crippen LogP contribution in [0.25, 0.3) is 44.6 Å². The lowest BCUT2D eigenvalue weighted by Crippen LogP contribution is -2.21. The van der Waals surface area contributed by atoms with Crippen LogP contribution in [-0.2, 0) is 6.54 Å². The normalized spacial score (nSPS) is 11.3. The number of pyridine rings is 1. The molecule has 5 rings (SSSR count). The third-order valence-corrected chi connectivity index (χ3v) is 5.80. The smallest absolute Gasteiger partial charge is 0.326 e. The zero-order chi connectivity index (χ0) is 23.8. The van der Waals surface area contributed by atoms with E-state index in [1.54, 1.807) is 32.1 Å². The summed E-state index contributed by atoms with van der Waals surface area (Å²) in [7, 11) is 4.70. The van der Waals surface area contributed by atoms with Crippen molar-refractivity contribution >= 4 is 22.1 Å². The van der Waals surface area contributed by atoms with Crippen LogP contribution in [-0.4, -0.2) is 42.4 Å². The summed E-state index contributed by atoms with van der Waals surface area (Å²) in [5, 5.41) is 0. The van der Waals surface area contributed by atoms with Crippen molar-refractivity contribution in [1.82, 2.24) is 14.5 Å². The molecule has 9 heteroatoms. The van der Waals surface area contributed by atoms with Crippen molar-refractivity contribution < 1.29 is 18.6 Å². The first kappa shape index (κ1) is 21.6. The number of aromatic nitrogens is 3. The van der Waals surface area contributed by atoms with E-state index in [0.29, 0.717) is 47.2 Å². The van der Waals surface area contributed by atoms with Crippen molar-refractivity contribution in [3.63, 3.8) is 0 Å². The van der Waals surface area contributed by atoms with Crippen LogP contribution < -0.4 is 25.6 Å². The molecule has 0 aliphatic rings. The van der Waals surface area contributed by atoms with Gasteiger partial charge in [-0.3, -0.25) is 9.55 Å². The van der Waals surface area contributed by atoms with Gasteiger partial charge in [-0.2, -0.15) is 0 Å². The van der Waals surface area contributed by atoms with Gasteiger partial charge in [0.15, 0.2) is 17.1 Å². The monoisotopic (exact) mass is 460 g/mol. The molecular weight excluding hydrogens is 436 g/mol. The largest absolute Gasteiger partial charge is 0.493 e. The van der Waals surface area contributed by atoms with E-state index >= 15 is 0 Å². The summed E-state index contributed by atoms with van der Waals surface area (Å²) in [4.78, 5) is 19.7. The van der Waals surface area contributed by atoms with E-state index in [9.17, 15) is 4.79 Å². The number of ether oxygens (including phenoxy) is 3. The van der Waals surface area contributed by atoms with Crippen molar-refractivity contribution in [2.45, 2.75) is 6.54 Å². The van der Waals surface area contributed by atoms with Gasteiger partial charge in [0.1, 0.15) is 11.3 Å². The summed E-state index contributed by atoms with van der Waals surface area (Å²) in [6, 6.07) is 13.2. The molecule has 5 aromatic rings. The Hall–Kier alpha value is -4.24. The number of nitrogens with one attached hydrogen (secondary N) is 1. The number of aromatic amines is 1. The van der Waals surface area contributed by atoms with Gasteiger partial charge < -0.3 is 29.3 Å². The Morgan fingerprint density at radius 1 is 1.00 bits per heavy atom. The molecule has 0 amide bonds. The Balaban J connectivity index is 1.64. The van der Waals surface area contributed by atoms with E-state index in [-0.39, 0.29) is 5.69 Å². The molecule has 0 unspecified atom stereocenters. The van der Waals surface area contributed by atoms with Crippen molar-refractivity contribution in [1.29, 1.82) is 0 Å². The average Bonchev–Trinajstić information content (AvgIpc) is 3.43. The zero-order valence-corrected chi connectivity index (χ0v) is 19.0. The number of nitrogens with two attached hydrogens (primary N) is 1. The second-order valence-electron chi connectivity index (χ2n) is 7.70. The Labute approximate surface area is 194 Å². The van der Waals surface area contributed by atoms with E-state index in [4.69, 9.17) is 24.4 Å². The van der Waals surface area contributed by atoms with E-state index in [1.807, 2.05) is 42.5 Å². The lowest BCUT2D eigenvalue weighted by Gasteiger charge is -2.13. The standard InChI is InChI=1S/C25H24N4O5/c1-31-21-11-15(12-22(32-2)24(21)33-3)20-13-18-23(34-20)16(6-8-27-18)14-4-5-19-17(10-14)28-25(30)29(19)9-7-26/h4-6,8,10-13H,7,9,26H2,1-3H3,(H,28,30). The Morgan fingerprint density at radius 2 is 1.76 bits per heavy atom. The van der Waals surface area contributed by atoms with Crippen molar-refractivity contribution in [2.75, 3.05) is 27.9 Å². The van der Waals surface area contributed by atoms with Crippen LogP contribution in [0.1, 0.15) is 0 Å². The number of hydrogen-bond acceptors (Lipinski definition) is 7. The van der Waals surface area contributed by atoms with Crippen LogP contribution >= 0.6 is 0 Å². The number of fused-ring (bicyclic) bond motifs is 2. The van der Waals surface area contributed by atoms with E-state index in [0.717, 1.165) is 27.7 Å². The molecule has 9 nitrogen and oxygen atoms in total. The maximum atomic E-state index is 12.3. The molecule has 0 aliphatic heterocycles.